The second kappa shape index (κ2) is 5.17. The van der Waals surface area contributed by atoms with Gasteiger partial charge >= 0.3 is 11.7 Å². The van der Waals surface area contributed by atoms with E-state index in [0.717, 1.165) is 10.8 Å². The van der Waals surface area contributed by atoms with E-state index in [1.54, 1.807) is 0 Å². The molecule has 0 radical (unpaired) electrons. The van der Waals surface area contributed by atoms with Crippen LogP contribution in [0.1, 0.15) is 6.23 Å². The molecule has 1 fully saturated rings. The molecule has 10 nitrogen and oxygen atoms in total. The summed E-state index contributed by atoms with van der Waals surface area (Å²) < 4.78 is 5.76. The largest absolute Gasteiger partial charge is 0.479 e. The van der Waals surface area contributed by atoms with Crippen molar-refractivity contribution < 1.29 is 30.0 Å². The number of carboxylic acids is 1. The van der Waals surface area contributed by atoms with Crippen LogP contribution in [0.25, 0.3) is 0 Å². The van der Waals surface area contributed by atoms with Gasteiger partial charge in [0, 0.05) is 6.20 Å². The molecule has 1 saturated heterocycles. The molecule has 1 aliphatic heterocycles. The lowest BCUT2D eigenvalue weighted by Gasteiger charge is -2.39. The van der Waals surface area contributed by atoms with E-state index >= 15 is 0 Å². The second-order valence-electron chi connectivity index (χ2n) is 4.30. The zero-order valence-corrected chi connectivity index (χ0v) is 10.0. The Balaban J connectivity index is 2.39. The third kappa shape index (κ3) is 2.36. The van der Waals surface area contributed by atoms with Crippen molar-refractivity contribution in [3.05, 3.63) is 22.7 Å². The molecule has 20 heavy (non-hydrogen) atoms. The Labute approximate surface area is 111 Å². The van der Waals surface area contributed by atoms with E-state index in [0.29, 0.717) is 0 Å². The minimum atomic E-state index is -1.82. The number of carbonyl (C=O) groups is 1. The number of hydrogen-bond donors (Lipinski definition) is 5. The number of aliphatic carboxylic acids is 1. The minimum Gasteiger partial charge on any atom is -0.479 e. The highest BCUT2D eigenvalue weighted by Crippen LogP contribution is 2.27. The van der Waals surface area contributed by atoms with E-state index in [1.807, 2.05) is 0 Å². The second-order valence-corrected chi connectivity index (χ2v) is 4.30. The molecule has 6 N–H and O–H groups in total. The maximum Gasteiger partial charge on any atom is 0.351 e. The molecule has 0 aliphatic carbocycles. The average molecular weight is 287 g/mol. The molecule has 0 aromatic carbocycles. The van der Waals surface area contributed by atoms with Crippen molar-refractivity contribution >= 4 is 11.8 Å². The lowest BCUT2D eigenvalue weighted by Crippen LogP contribution is -2.58. The molecule has 10 heteroatoms. The van der Waals surface area contributed by atoms with Crippen molar-refractivity contribution in [1.82, 2.24) is 9.55 Å². The SMILES string of the molecule is Nc1ccn(C2OC(C(=O)O)C(O)C(O)C2O)c(=O)n1. The Morgan fingerprint density at radius 2 is 1.95 bits per heavy atom. The first-order chi connectivity index (χ1) is 9.32. The van der Waals surface area contributed by atoms with Crippen LogP contribution in [0.15, 0.2) is 17.1 Å². The fourth-order valence-electron chi connectivity index (χ4n) is 1.91. The van der Waals surface area contributed by atoms with Gasteiger partial charge in [0.25, 0.3) is 0 Å². The maximum atomic E-state index is 11.6. The van der Waals surface area contributed by atoms with Crippen LogP contribution in [0.2, 0.25) is 0 Å². The standard InChI is InChI=1S/C10H13N3O7/c11-3-1-2-13(10(19)12-3)8-6(16)4(14)5(15)7(20-8)9(17)18/h1-2,4-8,14-16H,(H,17,18)(H2,11,12,19). The zero-order valence-electron chi connectivity index (χ0n) is 10.0. The normalized spacial score (nSPS) is 33.9. The van der Waals surface area contributed by atoms with E-state index < -0.39 is 42.3 Å². The van der Waals surface area contributed by atoms with E-state index in [-0.39, 0.29) is 5.82 Å². The monoisotopic (exact) mass is 287 g/mol. The predicted octanol–water partition coefficient (Wildman–Crippen LogP) is -3.11. The summed E-state index contributed by atoms with van der Waals surface area (Å²) in [5, 5.41) is 37.9. The first kappa shape index (κ1) is 14.4. The number of nitrogen functional groups attached to an aromatic ring is 1. The Hall–Kier alpha value is -2.01. The Kier molecular flexibility index (Phi) is 3.72. The van der Waals surface area contributed by atoms with E-state index in [1.165, 1.54) is 6.07 Å². The molecular weight excluding hydrogens is 274 g/mol. The molecule has 1 aromatic rings. The first-order valence-electron chi connectivity index (χ1n) is 5.60. The van der Waals surface area contributed by atoms with E-state index in [9.17, 15) is 24.9 Å². The number of carboxylic acid groups (broad SMARTS) is 1. The Morgan fingerprint density at radius 1 is 1.30 bits per heavy atom. The Morgan fingerprint density at radius 3 is 2.50 bits per heavy atom. The van der Waals surface area contributed by atoms with Gasteiger partial charge in [0.1, 0.15) is 24.1 Å². The number of rotatable bonds is 2. The number of aromatic nitrogens is 2. The highest BCUT2D eigenvalue weighted by atomic mass is 16.6. The summed E-state index contributed by atoms with van der Waals surface area (Å²) in [4.78, 5) is 26.0. The third-order valence-electron chi connectivity index (χ3n) is 2.96. The van der Waals surface area contributed by atoms with Crippen molar-refractivity contribution in [2.75, 3.05) is 5.73 Å². The van der Waals surface area contributed by atoms with Crippen LogP contribution in [0.4, 0.5) is 5.82 Å². The van der Waals surface area contributed by atoms with Crippen LogP contribution in [0.5, 0.6) is 0 Å². The summed E-state index contributed by atoms with van der Waals surface area (Å²) in [5.74, 6) is -1.60. The number of nitrogens with zero attached hydrogens (tertiary/aromatic N) is 2. The number of hydrogen-bond acceptors (Lipinski definition) is 8. The van der Waals surface area contributed by atoms with Crippen LogP contribution in [0.3, 0.4) is 0 Å². The fraction of sp³-hybridized carbons (Fsp3) is 0.500. The quantitative estimate of drug-likeness (QED) is 0.378. The van der Waals surface area contributed by atoms with Crippen LogP contribution in [-0.4, -0.2) is 60.4 Å². The molecule has 2 rings (SSSR count). The van der Waals surface area contributed by atoms with Gasteiger partial charge in [-0.15, -0.1) is 0 Å². The summed E-state index contributed by atoms with van der Waals surface area (Å²) in [7, 11) is 0. The summed E-state index contributed by atoms with van der Waals surface area (Å²) in [6.45, 7) is 0. The number of anilines is 1. The third-order valence-corrected chi connectivity index (χ3v) is 2.96. The maximum absolute atomic E-state index is 11.6. The molecular formula is C10H13N3O7. The average Bonchev–Trinajstić information content (AvgIpc) is 2.37. The van der Waals surface area contributed by atoms with Crippen molar-refractivity contribution in [2.24, 2.45) is 0 Å². The molecule has 0 amide bonds. The highest BCUT2D eigenvalue weighted by molar-refractivity contribution is 5.73. The van der Waals surface area contributed by atoms with Gasteiger partial charge in [-0.3, -0.25) is 4.57 Å². The summed E-state index contributed by atoms with van der Waals surface area (Å²) >= 11 is 0. The van der Waals surface area contributed by atoms with E-state index in [2.05, 4.69) is 4.98 Å². The van der Waals surface area contributed by atoms with Crippen LogP contribution < -0.4 is 11.4 Å². The summed E-state index contributed by atoms with van der Waals surface area (Å²) in [5.41, 5.74) is 4.42. The van der Waals surface area contributed by atoms with Crippen LogP contribution in [-0.2, 0) is 9.53 Å². The predicted molar refractivity (Wildman–Crippen MR) is 62.5 cm³/mol. The summed E-state index contributed by atoms with van der Waals surface area (Å²) in [6, 6.07) is 1.24. The molecule has 5 atom stereocenters. The lowest BCUT2D eigenvalue weighted by molar-refractivity contribution is -0.247. The van der Waals surface area contributed by atoms with Gasteiger partial charge in [-0.05, 0) is 6.07 Å². The number of ether oxygens (including phenoxy) is 1. The Bertz CT molecular complexity index is 574. The van der Waals surface area contributed by atoms with Crippen molar-refractivity contribution in [3.8, 4) is 0 Å². The van der Waals surface area contributed by atoms with Crippen LogP contribution in [0, 0.1) is 0 Å². The molecule has 5 unspecified atom stereocenters. The van der Waals surface area contributed by atoms with Crippen molar-refractivity contribution in [3.63, 3.8) is 0 Å². The summed E-state index contributed by atoms with van der Waals surface area (Å²) in [6.07, 6.45) is -7.47. The minimum absolute atomic E-state index is 0.0630. The zero-order chi connectivity index (χ0) is 15.0. The molecule has 0 spiro atoms. The molecule has 1 aromatic heterocycles. The van der Waals surface area contributed by atoms with Crippen molar-refractivity contribution in [2.45, 2.75) is 30.6 Å². The van der Waals surface area contributed by atoms with Gasteiger partial charge in [-0.25, -0.2) is 9.59 Å². The molecule has 0 saturated carbocycles. The fourth-order valence-corrected chi connectivity index (χ4v) is 1.91. The molecule has 2 heterocycles. The van der Waals surface area contributed by atoms with Crippen LogP contribution >= 0.6 is 0 Å². The molecule has 1 aliphatic rings. The smallest absolute Gasteiger partial charge is 0.351 e. The van der Waals surface area contributed by atoms with Gasteiger partial charge < -0.3 is 30.9 Å². The van der Waals surface area contributed by atoms with Gasteiger partial charge in [-0.1, -0.05) is 0 Å². The highest BCUT2D eigenvalue weighted by Gasteiger charge is 2.47. The van der Waals surface area contributed by atoms with Gasteiger partial charge in [0.2, 0.25) is 0 Å². The molecule has 110 valence electrons. The lowest BCUT2D eigenvalue weighted by atomic mass is 9.98. The van der Waals surface area contributed by atoms with Gasteiger partial charge in [0.15, 0.2) is 12.3 Å². The number of aliphatic hydroxyl groups excluding tert-OH is 3. The number of aliphatic hydroxyl groups is 3. The first-order valence-corrected chi connectivity index (χ1v) is 5.60. The van der Waals surface area contributed by atoms with E-state index in [4.69, 9.17) is 15.6 Å². The number of nitrogens with two attached hydrogens (primary N) is 1. The van der Waals surface area contributed by atoms with Gasteiger partial charge in [0.05, 0.1) is 0 Å². The van der Waals surface area contributed by atoms with Gasteiger partial charge in [-0.2, -0.15) is 4.98 Å². The molecule has 0 bridgehead atoms. The topological polar surface area (TPSA) is 168 Å². The van der Waals surface area contributed by atoms with Crippen molar-refractivity contribution in [1.29, 1.82) is 0 Å².